The summed E-state index contributed by atoms with van der Waals surface area (Å²) in [6.45, 7) is 6.12. The molecule has 0 atom stereocenters. The van der Waals surface area contributed by atoms with Crippen molar-refractivity contribution in [1.29, 1.82) is 0 Å². The zero-order valence-electron chi connectivity index (χ0n) is 19.8. The van der Waals surface area contributed by atoms with E-state index >= 15 is 0 Å². The second kappa shape index (κ2) is 9.29. The molecule has 0 amide bonds. The Morgan fingerprint density at radius 1 is 1.03 bits per heavy atom. The van der Waals surface area contributed by atoms with Crippen LogP contribution in [0.1, 0.15) is 50.1 Å². The average Bonchev–Trinajstić information content (AvgIpc) is 3.32. The average molecular weight is 464 g/mol. The molecule has 6 rings (SSSR count). The maximum atomic E-state index is 6.17. The standard InChI is InChI=1S/C25H33N7O2/c1-33-21-14-18-20(15-22(21)34-13-5-10-31-8-2-3-9-31)26-25(32-11-4-12-32)28-24(18)27-23-16-19(29-30-23)17-6-7-17/h14-17H,2-13H2,1H3,(H2,26,27,28,29,30). The Balaban J connectivity index is 1.27. The third kappa shape index (κ3) is 4.49. The van der Waals surface area contributed by atoms with Crippen LogP contribution >= 0.6 is 0 Å². The van der Waals surface area contributed by atoms with Gasteiger partial charge in [0, 0.05) is 48.8 Å². The molecule has 0 unspecified atom stereocenters. The molecule has 0 spiro atoms. The third-order valence-corrected chi connectivity index (χ3v) is 7.04. The summed E-state index contributed by atoms with van der Waals surface area (Å²) in [6.07, 6.45) is 7.26. The van der Waals surface area contributed by atoms with Crippen LogP contribution in [0.2, 0.25) is 0 Å². The molecule has 3 aliphatic rings. The van der Waals surface area contributed by atoms with Gasteiger partial charge < -0.3 is 24.6 Å². The van der Waals surface area contributed by atoms with E-state index in [2.05, 4.69) is 31.4 Å². The Bertz CT molecular complexity index is 1150. The molecule has 3 fully saturated rings. The quantitative estimate of drug-likeness (QED) is 0.435. The monoisotopic (exact) mass is 463 g/mol. The smallest absolute Gasteiger partial charge is 0.227 e. The molecule has 2 N–H and O–H groups in total. The first-order valence-corrected chi connectivity index (χ1v) is 12.6. The number of anilines is 3. The van der Waals surface area contributed by atoms with Crippen LogP contribution < -0.4 is 19.7 Å². The molecule has 9 heteroatoms. The second-order valence-corrected chi connectivity index (χ2v) is 9.59. The van der Waals surface area contributed by atoms with Crippen molar-refractivity contribution in [3.05, 3.63) is 23.9 Å². The Morgan fingerprint density at radius 2 is 1.88 bits per heavy atom. The molecule has 1 saturated carbocycles. The number of likely N-dealkylation sites (tertiary alicyclic amines) is 1. The van der Waals surface area contributed by atoms with Crippen molar-refractivity contribution in [2.24, 2.45) is 0 Å². The molecule has 1 aliphatic carbocycles. The first-order valence-electron chi connectivity index (χ1n) is 12.6. The highest BCUT2D eigenvalue weighted by molar-refractivity contribution is 5.94. The van der Waals surface area contributed by atoms with Crippen LogP contribution in [0.15, 0.2) is 18.2 Å². The number of aromatic nitrogens is 4. The van der Waals surface area contributed by atoms with Gasteiger partial charge in [0.1, 0.15) is 5.82 Å². The summed E-state index contributed by atoms with van der Waals surface area (Å²) in [5, 5.41) is 11.9. The number of aromatic amines is 1. The van der Waals surface area contributed by atoms with Crippen LogP contribution in [-0.2, 0) is 0 Å². The molecule has 0 bridgehead atoms. The number of fused-ring (bicyclic) bond motifs is 1. The first-order chi connectivity index (χ1) is 16.8. The number of hydrogen-bond donors (Lipinski definition) is 2. The van der Waals surface area contributed by atoms with Crippen molar-refractivity contribution < 1.29 is 9.47 Å². The predicted octanol–water partition coefficient (Wildman–Crippen LogP) is 4.06. The van der Waals surface area contributed by atoms with Crippen LogP contribution in [0.5, 0.6) is 11.5 Å². The van der Waals surface area contributed by atoms with Gasteiger partial charge in [0.05, 0.1) is 19.2 Å². The van der Waals surface area contributed by atoms with Gasteiger partial charge in [0.15, 0.2) is 17.3 Å². The zero-order chi connectivity index (χ0) is 22.9. The van der Waals surface area contributed by atoms with Crippen LogP contribution in [0, 0.1) is 0 Å². The van der Waals surface area contributed by atoms with Crippen molar-refractivity contribution >= 4 is 28.5 Å². The molecule has 2 aromatic heterocycles. The number of rotatable bonds is 10. The van der Waals surface area contributed by atoms with Gasteiger partial charge in [0.25, 0.3) is 0 Å². The predicted molar refractivity (Wildman–Crippen MR) is 133 cm³/mol. The van der Waals surface area contributed by atoms with Crippen LogP contribution in [-0.4, -0.2) is 71.5 Å². The van der Waals surface area contributed by atoms with E-state index in [0.717, 1.165) is 60.3 Å². The lowest BCUT2D eigenvalue weighted by atomic mass is 10.2. The van der Waals surface area contributed by atoms with E-state index in [0.29, 0.717) is 18.3 Å². The summed E-state index contributed by atoms with van der Waals surface area (Å²) in [5.74, 6) is 4.29. The van der Waals surface area contributed by atoms with Gasteiger partial charge in [-0.15, -0.1) is 0 Å². The van der Waals surface area contributed by atoms with Crippen molar-refractivity contribution in [3.8, 4) is 11.5 Å². The Hall–Kier alpha value is -3.07. The van der Waals surface area contributed by atoms with Gasteiger partial charge in [-0.25, -0.2) is 4.98 Å². The molecule has 4 heterocycles. The fourth-order valence-electron chi connectivity index (χ4n) is 4.75. The third-order valence-electron chi connectivity index (χ3n) is 7.04. The van der Waals surface area contributed by atoms with Gasteiger partial charge in [-0.1, -0.05) is 0 Å². The number of nitrogens with zero attached hydrogens (tertiary/aromatic N) is 5. The van der Waals surface area contributed by atoms with Crippen LogP contribution in [0.3, 0.4) is 0 Å². The van der Waals surface area contributed by atoms with E-state index in [1.165, 1.54) is 50.9 Å². The number of ether oxygens (including phenoxy) is 2. The van der Waals surface area contributed by atoms with Crippen molar-refractivity contribution in [1.82, 2.24) is 25.1 Å². The Kier molecular flexibility index (Phi) is 5.86. The maximum Gasteiger partial charge on any atom is 0.227 e. The van der Waals surface area contributed by atoms with Crippen LogP contribution in [0.4, 0.5) is 17.6 Å². The number of benzene rings is 1. The minimum absolute atomic E-state index is 0.618. The molecule has 3 aromatic rings. The number of H-pyrrole nitrogens is 1. The number of hydrogen-bond acceptors (Lipinski definition) is 8. The molecule has 2 aliphatic heterocycles. The largest absolute Gasteiger partial charge is 0.493 e. The normalized spacial score (nSPS) is 18.3. The van der Waals surface area contributed by atoms with E-state index in [1.54, 1.807) is 7.11 Å². The number of nitrogens with one attached hydrogen (secondary N) is 2. The highest BCUT2D eigenvalue weighted by Gasteiger charge is 2.26. The van der Waals surface area contributed by atoms with E-state index in [9.17, 15) is 0 Å². The Labute approximate surface area is 199 Å². The van der Waals surface area contributed by atoms with E-state index in [4.69, 9.17) is 19.4 Å². The molecule has 0 radical (unpaired) electrons. The molecule has 2 saturated heterocycles. The van der Waals surface area contributed by atoms with Gasteiger partial charge >= 0.3 is 0 Å². The lowest BCUT2D eigenvalue weighted by Crippen LogP contribution is -2.38. The topological polar surface area (TPSA) is 91.4 Å². The van der Waals surface area contributed by atoms with E-state index < -0.39 is 0 Å². The summed E-state index contributed by atoms with van der Waals surface area (Å²) in [5.41, 5.74) is 2.03. The zero-order valence-corrected chi connectivity index (χ0v) is 19.8. The van der Waals surface area contributed by atoms with Gasteiger partial charge in [-0.3, -0.25) is 5.10 Å². The molecule has 1 aromatic carbocycles. The van der Waals surface area contributed by atoms with E-state index in [-0.39, 0.29) is 0 Å². The maximum absolute atomic E-state index is 6.17. The highest BCUT2D eigenvalue weighted by Crippen LogP contribution is 2.40. The molecular weight excluding hydrogens is 430 g/mol. The number of methoxy groups -OCH3 is 1. The van der Waals surface area contributed by atoms with Crippen molar-refractivity contribution in [2.45, 2.75) is 44.4 Å². The SMILES string of the molecule is COc1cc2c(Nc3cc(C4CC4)[nH]n3)nc(N3CCC3)nc2cc1OCCCN1CCCC1. The molecule has 9 nitrogen and oxygen atoms in total. The molecule has 34 heavy (non-hydrogen) atoms. The summed E-state index contributed by atoms with van der Waals surface area (Å²) in [6, 6.07) is 6.05. The minimum atomic E-state index is 0.618. The highest BCUT2D eigenvalue weighted by atomic mass is 16.5. The fraction of sp³-hybridized carbons (Fsp3) is 0.560. The lowest BCUT2D eigenvalue weighted by Gasteiger charge is -2.31. The summed E-state index contributed by atoms with van der Waals surface area (Å²) in [4.78, 5) is 14.4. The minimum Gasteiger partial charge on any atom is -0.493 e. The first kappa shape index (κ1) is 21.5. The summed E-state index contributed by atoms with van der Waals surface area (Å²) < 4.78 is 11.9. The van der Waals surface area contributed by atoms with Crippen LogP contribution in [0.25, 0.3) is 10.9 Å². The lowest BCUT2D eigenvalue weighted by molar-refractivity contribution is 0.254. The molecule has 180 valence electrons. The summed E-state index contributed by atoms with van der Waals surface area (Å²) in [7, 11) is 1.68. The Morgan fingerprint density at radius 3 is 2.62 bits per heavy atom. The van der Waals surface area contributed by atoms with E-state index in [1.807, 2.05) is 12.1 Å². The van der Waals surface area contributed by atoms with Gasteiger partial charge in [-0.2, -0.15) is 10.1 Å². The van der Waals surface area contributed by atoms with Crippen molar-refractivity contribution in [2.75, 3.05) is 56.7 Å². The second-order valence-electron chi connectivity index (χ2n) is 9.59. The molecular formula is C25H33N7O2. The van der Waals surface area contributed by atoms with Gasteiger partial charge in [-0.05, 0) is 57.7 Å². The fourth-order valence-corrected chi connectivity index (χ4v) is 4.75. The summed E-state index contributed by atoms with van der Waals surface area (Å²) >= 11 is 0. The van der Waals surface area contributed by atoms with Gasteiger partial charge in [0.2, 0.25) is 5.95 Å². The van der Waals surface area contributed by atoms with Crippen molar-refractivity contribution in [3.63, 3.8) is 0 Å².